The second kappa shape index (κ2) is 3.09. The highest BCUT2D eigenvalue weighted by Gasteiger charge is 1.95. The predicted molar refractivity (Wildman–Crippen MR) is 31.5 cm³/mol. The fourth-order valence-electron chi connectivity index (χ4n) is 0.0716. The third kappa shape index (κ3) is 5.97. The Hall–Kier alpha value is -0.0300. The van der Waals surface area contributed by atoms with Gasteiger partial charge in [-0.1, -0.05) is 0 Å². The van der Waals surface area contributed by atoms with Crippen LogP contribution in [0.15, 0.2) is 4.52 Å². The normalized spacial score (nSPS) is 10.4. The summed E-state index contributed by atoms with van der Waals surface area (Å²) in [5, 5.41) is 0. The van der Waals surface area contributed by atoms with Crippen LogP contribution in [-0.2, 0) is 11.1 Å². The first kappa shape index (κ1) is 7.97. The van der Waals surface area contributed by atoms with Crippen molar-refractivity contribution < 1.29 is 14.7 Å². The first-order valence-electron chi connectivity index (χ1n) is 1.40. The molecular formula is H4N3O3PS. The van der Waals surface area contributed by atoms with Crippen LogP contribution < -0.4 is 0 Å². The molecule has 0 saturated heterocycles. The van der Waals surface area contributed by atoms with Gasteiger partial charge in [0.2, 0.25) is 0 Å². The van der Waals surface area contributed by atoms with E-state index in [4.69, 9.17) is 20.2 Å². The quantitative estimate of drug-likeness (QED) is 0.138. The van der Waals surface area contributed by atoms with Crippen molar-refractivity contribution in [3.05, 3.63) is 10.4 Å². The molecule has 3 N–H and O–H groups in total. The van der Waals surface area contributed by atoms with Gasteiger partial charge in [0.1, 0.15) is 0 Å². The molecule has 0 bridgehead atoms. The van der Waals surface area contributed by atoms with E-state index in [1.165, 1.54) is 0 Å². The van der Waals surface area contributed by atoms with E-state index >= 15 is 0 Å². The van der Waals surface area contributed by atoms with Crippen LogP contribution in [0, 0.1) is 0 Å². The number of rotatable bonds is 1. The molecule has 48 valence electrons. The molecule has 0 aliphatic heterocycles. The molecule has 8 heteroatoms. The summed E-state index contributed by atoms with van der Waals surface area (Å²) >= 11 is -0.426. The molecule has 8 heavy (non-hydrogen) atoms. The summed E-state index contributed by atoms with van der Waals surface area (Å²) in [6.07, 6.45) is 0. The standard InChI is InChI=1S/H4N3O3PS/c1-2-3-8-7(4,5)6/h4-6,8H. The van der Waals surface area contributed by atoms with Gasteiger partial charge in [-0.05, 0) is 21.2 Å². The summed E-state index contributed by atoms with van der Waals surface area (Å²) in [4.78, 5) is 26.5. The van der Waals surface area contributed by atoms with E-state index in [1.807, 2.05) is 0 Å². The molecule has 0 unspecified atom stereocenters. The monoisotopic (exact) mass is 157 g/mol. The Morgan fingerprint density at radius 1 is 1.50 bits per heavy atom. The Balaban J connectivity index is 4.17. The zero-order chi connectivity index (χ0) is 6.62. The fraction of sp³-hybridized carbons (Fsp3) is 0. The average Bonchev–Trinajstić information content (AvgIpc) is 1.59. The topological polar surface area (TPSA) is 109 Å². The van der Waals surface area contributed by atoms with Crippen molar-refractivity contribution in [2.75, 3.05) is 0 Å². The minimum absolute atomic E-state index is 0.426. The molecular weight excluding hydrogens is 153 g/mol. The van der Waals surface area contributed by atoms with Gasteiger partial charge >= 0.3 is 0 Å². The van der Waals surface area contributed by atoms with Gasteiger partial charge in [-0.25, -0.2) is 0 Å². The van der Waals surface area contributed by atoms with Gasteiger partial charge in [0, 0.05) is 4.91 Å². The molecule has 0 saturated carbocycles. The maximum absolute atomic E-state index is 8.09. The van der Waals surface area contributed by atoms with Crippen LogP contribution in [0.4, 0.5) is 0 Å². The van der Waals surface area contributed by atoms with Crippen molar-refractivity contribution in [1.29, 1.82) is 0 Å². The van der Waals surface area contributed by atoms with Gasteiger partial charge < -0.3 is 14.7 Å². The predicted octanol–water partition coefficient (Wildman–Crippen LogP) is -0.319. The Kier molecular flexibility index (Phi) is 3.08. The number of thiol groups is 1. The summed E-state index contributed by atoms with van der Waals surface area (Å²) in [7, 11) is 0. The van der Waals surface area contributed by atoms with Crippen molar-refractivity contribution in [1.82, 2.24) is 0 Å². The number of azide groups is 1. The van der Waals surface area contributed by atoms with Crippen molar-refractivity contribution in [2.45, 2.75) is 0 Å². The lowest BCUT2D eigenvalue weighted by atomic mass is 13.0. The number of nitrogens with zero attached hydrogens (tertiary/aromatic N) is 3. The molecule has 0 amide bonds. The maximum Gasteiger partial charge on any atom is 0.280 e. The van der Waals surface area contributed by atoms with Gasteiger partial charge in [-0.15, -0.1) is 0 Å². The number of hydrogen-bond donors (Lipinski definition) is 4. The largest absolute Gasteiger partial charge is 0.329 e. The van der Waals surface area contributed by atoms with Crippen LogP contribution in [0.25, 0.3) is 10.4 Å². The molecule has 0 heterocycles. The van der Waals surface area contributed by atoms with Crippen LogP contribution in [0.1, 0.15) is 0 Å². The number of hydrogen-bond acceptors (Lipinski definition) is 0. The Morgan fingerprint density at radius 3 is 2.12 bits per heavy atom. The van der Waals surface area contributed by atoms with Crippen molar-refractivity contribution in [2.24, 2.45) is 4.52 Å². The van der Waals surface area contributed by atoms with Crippen LogP contribution in [-0.4, -0.2) is 14.7 Å². The van der Waals surface area contributed by atoms with E-state index in [9.17, 15) is 0 Å². The maximum atomic E-state index is 8.09. The van der Waals surface area contributed by atoms with Crippen molar-refractivity contribution in [3.63, 3.8) is 0 Å². The zero-order valence-corrected chi connectivity index (χ0v) is 5.37. The molecule has 0 atom stereocenters. The lowest BCUT2D eigenvalue weighted by molar-refractivity contribution is 0.363. The van der Waals surface area contributed by atoms with Crippen LogP contribution >= 0.6 is 6.72 Å². The van der Waals surface area contributed by atoms with E-state index < -0.39 is 17.8 Å². The minimum Gasteiger partial charge on any atom is -0.329 e. The first-order chi connectivity index (χ1) is 3.56. The second-order valence-corrected chi connectivity index (χ2v) is 4.38. The Morgan fingerprint density at radius 2 is 2.00 bits per heavy atom. The third-order valence-corrected chi connectivity index (χ3v) is 1.56. The van der Waals surface area contributed by atoms with Gasteiger partial charge in [0.15, 0.2) is 0 Å². The molecule has 0 aliphatic carbocycles. The molecule has 6 nitrogen and oxygen atoms in total. The van der Waals surface area contributed by atoms with Gasteiger partial charge in [-0.2, -0.15) is 0 Å². The lowest BCUT2D eigenvalue weighted by Gasteiger charge is -1.95. The summed E-state index contributed by atoms with van der Waals surface area (Å²) < 4.78 is 2.70. The van der Waals surface area contributed by atoms with Crippen molar-refractivity contribution in [3.8, 4) is 0 Å². The molecule has 0 aromatic heterocycles. The van der Waals surface area contributed by atoms with E-state index in [0.29, 0.717) is 0 Å². The summed E-state index contributed by atoms with van der Waals surface area (Å²) in [6, 6.07) is 0. The van der Waals surface area contributed by atoms with E-state index in [0.717, 1.165) is 0 Å². The van der Waals surface area contributed by atoms with E-state index in [2.05, 4.69) is 9.43 Å². The minimum atomic E-state index is -3.88. The molecule has 0 aromatic carbocycles. The molecule has 0 aliphatic rings. The van der Waals surface area contributed by atoms with Gasteiger partial charge in [0.25, 0.3) is 6.72 Å². The molecule has 0 aromatic rings. The average molecular weight is 157 g/mol. The summed E-state index contributed by atoms with van der Waals surface area (Å²) in [5.41, 5.74) is 7.57. The van der Waals surface area contributed by atoms with Crippen LogP contribution in [0.5, 0.6) is 0 Å². The van der Waals surface area contributed by atoms with Gasteiger partial charge in [0.05, 0.1) is 0 Å². The molecule has 0 rings (SSSR count). The van der Waals surface area contributed by atoms with Crippen LogP contribution in [0.2, 0.25) is 0 Å². The second-order valence-electron chi connectivity index (χ2n) is 0.805. The molecule has 0 fully saturated rings. The Labute approximate surface area is 48.4 Å². The smallest absolute Gasteiger partial charge is 0.280 e. The highest BCUT2D eigenvalue weighted by atomic mass is 32.5. The zero-order valence-electron chi connectivity index (χ0n) is 3.58. The molecule has 0 spiro atoms. The van der Waals surface area contributed by atoms with E-state index in [1.54, 1.807) is 0 Å². The van der Waals surface area contributed by atoms with Crippen LogP contribution in [0.3, 0.4) is 0 Å². The highest BCUT2D eigenvalue weighted by molar-refractivity contribution is 8.15. The highest BCUT2D eigenvalue weighted by Crippen LogP contribution is 2.30. The Bertz CT molecular complexity index is 155. The van der Waals surface area contributed by atoms with Crippen molar-refractivity contribution >= 4 is 17.8 Å². The van der Waals surface area contributed by atoms with Gasteiger partial charge in [-0.3, -0.25) is 0 Å². The summed E-state index contributed by atoms with van der Waals surface area (Å²) in [6.45, 7) is -3.88. The summed E-state index contributed by atoms with van der Waals surface area (Å²) in [5.74, 6) is 0. The fourth-order valence-corrected chi connectivity index (χ4v) is 0.644. The first-order valence-corrected chi connectivity index (χ1v) is 4.60. The van der Waals surface area contributed by atoms with E-state index in [-0.39, 0.29) is 0 Å². The molecule has 0 radical (unpaired) electrons. The SMILES string of the molecule is [N-]=[N+]=N[SH]=P(O)(O)O. The third-order valence-electron chi connectivity index (χ3n) is 0.200. The lowest BCUT2D eigenvalue weighted by Crippen LogP contribution is -1.71.